The fourth-order valence-electron chi connectivity index (χ4n) is 3.55. The van der Waals surface area contributed by atoms with Gasteiger partial charge in [0, 0.05) is 17.0 Å². The number of nitrogens with zero attached hydrogens (tertiary/aromatic N) is 1. The number of carbonyl (C=O) groups is 1. The molecule has 122 valence electrons. The molecule has 0 aliphatic heterocycles. The normalized spacial score (nSPS) is 24.1. The maximum Gasteiger partial charge on any atom is 0.244 e. The predicted molar refractivity (Wildman–Crippen MR) is 93.8 cm³/mol. The molecule has 0 saturated heterocycles. The van der Waals surface area contributed by atoms with Gasteiger partial charge in [0.15, 0.2) is 0 Å². The first-order chi connectivity index (χ1) is 11.0. The van der Waals surface area contributed by atoms with Crippen molar-refractivity contribution in [2.45, 2.75) is 40.0 Å². The summed E-state index contributed by atoms with van der Waals surface area (Å²) in [7, 11) is 0. The van der Waals surface area contributed by atoms with E-state index in [0.717, 1.165) is 35.9 Å². The Bertz CT molecular complexity index is 707. The average molecular weight is 311 g/mol. The molecular formula is C19H25N3O. The van der Waals surface area contributed by atoms with Crippen LogP contribution < -0.4 is 10.9 Å². The summed E-state index contributed by atoms with van der Waals surface area (Å²) in [5.74, 6) is 1.37. The first-order valence-corrected chi connectivity index (χ1v) is 8.40. The van der Waals surface area contributed by atoms with Gasteiger partial charge in [0.1, 0.15) is 0 Å². The van der Waals surface area contributed by atoms with Crippen LogP contribution in [0, 0.1) is 17.3 Å². The van der Waals surface area contributed by atoms with Crippen LogP contribution in [0.1, 0.15) is 40.0 Å². The summed E-state index contributed by atoms with van der Waals surface area (Å²) < 4.78 is 0. The molecule has 4 nitrogen and oxygen atoms in total. The average Bonchev–Trinajstić information content (AvgIpc) is 2.96. The van der Waals surface area contributed by atoms with E-state index < -0.39 is 0 Å². The fourth-order valence-corrected chi connectivity index (χ4v) is 3.55. The van der Waals surface area contributed by atoms with Crippen LogP contribution in [0.25, 0.3) is 10.9 Å². The van der Waals surface area contributed by atoms with Gasteiger partial charge in [-0.15, -0.1) is 0 Å². The van der Waals surface area contributed by atoms with E-state index in [-0.39, 0.29) is 11.3 Å². The van der Waals surface area contributed by atoms with Crippen LogP contribution in [0.4, 0.5) is 5.69 Å². The predicted octanol–water partition coefficient (Wildman–Crippen LogP) is 4.14. The van der Waals surface area contributed by atoms with Gasteiger partial charge in [-0.3, -0.25) is 20.6 Å². The molecule has 1 amide bonds. The van der Waals surface area contributed by atoms with Crippen molar-refractivity contribution in [2.24, 2.45) is 17.3 Å². The third-order valence-electron chi connectivity index (χ3n) is 5.23. The highest BCUT2D eigenvalue weighted by atomic mass is 16.2. The Balaban J connectivity index is 1.69. The molecule has 3 rings (SSSR count). The molecule has 1 aliphatic rings. The molecule has 1 aromatic heterocycles. The zero-order chi connectivity index (χ0) is 16.4. The second-order valence-electron chi connectivity index (χ2n) is 7.26. The van der Waals surface area contributed by atoms with E-state index in [1.165, 1.54) is 0 Å². The van der Waals surface area contributed by atoms with Gasteiger partial charge in [0.25, 0.3) is 0 Å². The molecular weight excluding hydrogens is 286 g/mol. The third-order valence-corrected chi connectivity index (χ3v) is 5.23. The lowest BCUT2D eigenvalue weighted by Crippen LogP contribution is -2.40. The first kappa shape index (κ1) is 15.8. The number of anilines is 1. The molecule has 1 aliphatic carbocycles. The van der Waals surface area contributed by atoms with Gasteiger partial charge in [-0.25, -0.2) is 0 Å². The van der Waals surface area contributed by atoms with E-state index in [9.17, 15) is 4.79 Å². The monoisotopic (exact) mass is 311 g/mol. The fraction of sp³-hybridized carbons (Fsp3) is 0.474. The lowest BCUT2D eigenvalue weighted by molar-refractivity contribution is -0.129. The van der Waals surface area contributed by atoms with E-state index in [4.69, 9.17) is 0 Å². The highest BCUT2D eigenvalue weighted by molar-refractivity contribution is 5.92. The molecule has 1 saturated carbocycles. The van der Waals surface area contributed by atoms with Gasteiger partial charge >= 0.3 is 0 Å². The quantitative estimate of drug-likeness (QED) is 0.834. The van der Waals surface area contributed by atoms with Crippen LogP contribution in [-0.2, 0) is 4.79 Å². The van der Waals surface area contributed by atoms with E-state index in [0.29, 0.717) is 11.8 Å². The van der Waals surface area contributed by atoms with Gasteiger partial charge in [-0.2, -0.15) is 0 Å². The van der Waals surface area contributed by atoms with Crippen molar-refractivity contribution in [1.29, 1.82) is 0 Å². The SMILES string of the molecule is CC(C)C1CCC(C)(C(=O)NNc2cccc3ncccc23)C1. The van der Waals surface area contributed by atoms with Crippen molar-refractivity contribution < 1.29 is 4.79 Å². The van der Waals surface area contributed by atoms with Gasteiger partial charge in [-0.05, 0) is 55.4 Å². The minimum atomic E-state index is -0.273. The van der Waals surface area contributed by atoms with Crippen molar-refractivity contribution in [1.82, 2.24) is 10.4 Å². The molecule has 2 N–H and O–H groups in total. The molecule has 4 heteroatoms. The number of carbonyl (C=O) groups excluding carboxylic acids is 1. The molecule has 1 heterocycles. The van der Waals surface area contributed by atoms with Crippen LogP contribution in [0.3, 0.4) is 0 Å². The summed E-state index contributed by atoms with van der Waals surface area (Å²) in [5, 5.41) is 1.01. The molecule has 2 unspecified atom stereocenters. The molecule has 1 fully saturated rings. The van der Waals surface area contributed by atoms with Crippen LogP contribution in [0.5, 0.6) is 0 Å². The second-order valence-corrected chi connectivity index (χ2v) is 7.26. The maximum atomic E-state index is 12.7. The van der Waals surface area contributed by atoms with E-state index in [1.54, 1.807) is 6.20 Å². The Morgan fingerprint density at radius 1 is 1.30 bits per heavy atom. The minimum Gasteiger partial charge on any atom is -0.298 e. The van der Waals surface area contributed by atoms with Crippen molar-refractivity contribution in [3.05, 3.63) is 36.5 Å². The first-order valence-electron chi connectivity index (χ1n) is 8.40. The van der Waals surface area contributed by atoms with Crippen molar-refractivity contribution >= 4 is 22.5 Å². The van der Waals surface area contributed by atoms with Crippen LogP contribution >= 0.6 is 0 Å². The number of pyridine rings is 1. The zero-order valence-corrected chi connectivity index (χ0v) is 14.1. The number of hydrazine groups is 1. The Morgan fingerprint density at radius 2 is 2.13 bits per heavy atom. The molecule has 0 radical (unpaired) electrons. The minimum absolute atomic E-state index is 0.0848. The topological polar surface area (TPSA) is 54.0 Å². The van der Waals surface area contributed by atoms with E-state index in [1.807, 2.05) is 30.3 Å². The van der Waals surface area contributed by atoms with Crippen molar-refractivity contribution in [3.8, 4) is 0 Å². The van der Waals surface area contributed by atoms with Crippen LogP contribution in [0.2, 0.25) is 0 Å². The van der Waals surface area contributed by atoms with Gasteiger partial charge < -0.3 is 0 Å². The standard InChI is InChI=1S/C19H25N3O/c1-13(2)14-9-10-19(3,12-14)18(23)22-21-17-8-4-7-16-15(17)6-5-11-20-16/h4-8,11,13-14,21H,9-10,12H2,1-3H3,(H,22,23). The second kappa shape index (κ2) is 6.19. The molecule has 23 heavy (non-hydrogen) atoms. The van der Waals surface area contributed by atoms with Gasteiger partial charge in [0.05, 0.1) is 11.2 Å². The Kier molecular flexibility index (Phi) is 4.24. The summed E-state index contributed by atoms with van der Waals surface area (Å²) in [5.41, 5.74) is 7.53. The number of nitrogens with one attached hydrogen (secondary N) is 2. The summed E-state index contributed by atoms with van der Waals surface area (Å²) >= 11 is 0. The van der Waals surface area contributed by atoms with Crippen LogP contribution in [-0.4, -0.2) is 10.9 Å². The number of aromatic nitrogens is 1. The molecule has 2 aromatic rings. The van der Waals surface area contributed by atoms with Gasteiger partial charge in [-0.1, -0.05) is 26.8 Å². The van der Waals surface area contributed by atoms with E-state index in [2.05, 4.69) is 36.6 Å². The maximum absolute atomic E-state index is 12.7. The Labute approximate surface area is 137 Å². The summed E-state index contributed by atoms with van der Waals surface area (Å²) in [4.78, 5) is 17.0. The number of hydrogen-bond acceptors (Lipinski definition) is 3. The zero-order valence-electron chi connectivity index (χ0n) is 14.1. The Morgan fingerprint density at radius 3 is 2.87 bits per heavy atom. The summed E-state index contributed by atoms with van der Waals surface area (Å²) in [6.07, 6.45) is 4.84. The van der Waals surface area contributed by atoms with Crippen molar-refractivity contribution in [3.63, 3.8) is 0 Å². The van der Waals surface area contributed by atoms with Gasteiger partial charge in [0.2, 0.25) is 5.91 Å². The van der Waals surface area contributed by atoms with Crippen LogP contribution in [0.15, 0.2) is 36.5 Å². The van der Waals surface area contributed by atoms with E-state index >= 15 is 0 Å². The number of amides is 1. The molecule has 2 atom stereocenters. The highest BCUT2D eigenvalue weighted by Gasteiger charge is 2.41. The lowest BCUT2D eigenvalue weighted by atomic mass is 9.84. The number of hydrogen-bond donors (Lipinski definition) is 2. The molecule has 0 spiro atoms. The largest absolute Gasteiger partial charge is 0.298 e. The number of benzene rings is 1. The Hall–Kier alpha value is -2.10. The smallest absolute Gasteiger partial charge is 0.244 e. The summed E-state index contributed by atoms with van der Waals surface area (Å²) in [6, 6.07) is 9.77. The lowest BCUT2D eigenvalue weighted by Gasteiger charge is -2.24. The van der Waals surface area contributed by atoms with Crippen molar-refractivity contribution in [2.75, 3.05) is 5.43 Å². The third kappa shape index (κ3) is 3.16. The number of rotatable bonds is 4. The summed E-state index contributed by atoms with van der Waals surface area (Å²) in [6.45, 7) is 6.57. The number of fused-ring (bicyclic) bond motifs is 1. The highest BCUT2D eigenvalue weighted by Crippen LogP contribution is 2.44. The molecule has 1 aromatic carbocycles. The molecule has 0 bridgehead atoms.